The number of anilines is 2. The number of nitrogens with one attached hydrogen (secondary N) is 2. The van der Waals surface area contributed by atoms with E-state index in [4.69, 9.17) is 5.11 Å². The van der Waals surface area contributed by atoms with Crippen LogP contribution < -0.4 is 15.5 Å². The zero-order chi connectivity index (χ0) is 22.8. The smallest absolute Gasteiger partial charge is 0.335 e. The second-order valence-corrected chi connectivity index (χ2v) is 9.32. The molecule has 0 aromatic heterocycles. The fraction of sp³-hybridized carbons (Fsp3) is 0.462. The highest BCUT2D eigenvalue weighted by molar-refractivity contribution is 5.97. The van der Waals surface area contributed by atoms with Gasteiger partial charge in [0.25, 0.3) is 0 Å². The number of fused-ring (bicyclic) bond motifs is 1. The maximum absolute atomic E-state index is 13.1. The Morgan fingerprint density at radius 1 is 0.970 bits per heavy atom. The van der Waals surface area contributed by atoms with Gasteiger partial charge in [-0.05, 0) is 86.7 Å². The topological polar surface area (TPSA) is 84.9 Å². The maximum atomic E-state index is 13.1. The predicted octanol–water partition coefficient (Wildman–Crippen LogP) is 3.27. The lowest BCUT2D eigenvalue weighted by Gasteiger charge is -2.39. The summed E-state index contributed by atoms with van der Waals surface area (Å²) in [6, 6.07) is 12.9. The molecule has 3 N–H and O–H groups in total. The highest BCUT2D eigenvalue weighted by Crippen LogP contribution is 2.34. The molecule has 3 heterocycles. The van der Waals surface area contributed by atoms with Gasteiger partial charge in [0.2, 0.25) is 5.91 Å². The molecule has 33 heavy (non-hydrogen) atoms. The molecule has 3 aliphatic heterocycles. The summed E-state index contributed by atoms with van der Waals surface area (Å²) < 4.78 is 0. The van der Waals surface area contributed by atoms with Gasteiger partial charge in [-0.25, -0.2) is 4.79 Å². The molecule has 2 aromatic carbocycles. The average Bonchev–Trinajstić information content (AvgIpc) is 3.39. The number of amides is 1. The third-order valence-corrected chi connectivity index (χ3v) is 7.35. The lowest BCUT2D eigenvalue weighted by Crippen LogP contribution is -2.45. The molecular formula is C26H32N4O3. The largest absolute Gasteiger partial charge is 0.478 e. The molecule has 0 bridgehead atoms. The molecule has 7 heteroatoms. The number of aromatic carboxylic acids is 1. The van der Waals surface area contributed by atoms with Crippen LogP contribution in [0.3, 0.4) is 0 Å². The van der Waals surface area contributed by atoms with Crippen molar-refractivity contribution < 1.29 is 14.7 Å². The highest BCUT2D eigenvalue weighted by atomic mass is 16.4. The minimum Gasteiger partial charge on any atom is -0.478 e. The Balaban J connectivity index is 1.29. The van der Waals surface area contributed by atoms with E-state index in [1.807, 2.05) is 0 Å². The third kappa shape index (κ3) is 4.61. The second-order valence-electron chi connectivity index (χ2n) is 9.32. The standard InChI is InChI=1S/C26H32N4O3/c31-25(28-19-8-6-18(7-9-19)26(32)33)24-22-4-3-5-23(21(22)10-13-27-24)30-16-11-20(12-17-30)29-14-1-2-15-29/h3-9,20,24,27H,1-2,10-17H2,(H,28,31)(H,32,33). The van der Waals surface area contributed by atoms with Crippen molar-refractivity contribution in [1.29, 1.82) is 0 Å². The van der Waals surface area contributed by atoms with E-state index in [0.29, 0.717) is 5.69 Å². The van der Waals surface area contributed by atoms with Gasteiger partial charge in [-0.2, -0.15) is 0 Å². The Morgan fingerprint density at radius 3 is 2.39 bits per heavy atom. The number of hydrogen-bond acceptors (Lipinski definition) is 5. The number of hydrogen-bond donors (Lipinski definition) is 3. The minimum atomic E-state index is -0.979. The Hall–Kier alpha value is -2.90. The van der Waals surface area contributed by atoms with Crippen molar-refractivity contribution in [1.82, 2.24) is 10.2 Å². The van der Waals surface area contributed by atoms with Crippen molar-refractivity contribution in [2.45, 2.75) is 44.2 Å². The first kappa shape index (κ1) is 21.9. The van der Waals surface area contributed by atoms with Gasteiger partial charge < -0.3 is 25.5 Å². The van der Waals surface area contributed by atoms with Gasteiger partial charge in [-0.15, -0.1) is 0 Å². The fourth-order valence-electron chi connectivity index (χ4n) is 5.61. The van der Waals surface area contributed by atoms with Crippen LogP contribution in [0.5, 0.6) is 0 Å². The molecule has 5 rings (SSSR count). The number of carboxylic acids is 1. The molecule has 7 nitrogen and oxygen atoms in total. The molecule has 0 spiro atoms. The van der Waals surface area contributed by atoms with Crippen molar-refractivity contribution in [3.05, 3.63) is 59.2 Å². The molecule has 1 unspecified atom stereocenters. The first-order valence-corrected chi connectivity index (χ1v) is 12.1. The van der Waals surface area contributed by atoms with E-state index in [9.17, 15) is 9.59 Å². The van der Waals surface area contributed by atoms with E-state index in [0.717, 1.165) is 37.7 Å². The summed E-state index contributed by atoms with van der Waals surface area (Å²) >= 11 is 0. The average molecular weight is 449 g/mol. The van der Waals surface area contributed by atoms with Gasteiger partial charge in [0.05, 0.1) is 5.56 Å². The summed E-state index contributed by atoms with van der Waals surface area (Å²) in [6.07, 6.45) is 6.00. The molecule has 3 aliphatic rings. The fourth-order valence-corrected chi connectivity index (χ4v) is 5.61. The van der Waals surface area contributed by atoms with E-state index in [2.05, 4.69) is 38.6 Å². The van der Waals surface area contributed by atoms with Crippen LogP contribution in [0.25, 0.3) is 0 Å². The molecule has 1 atom stereocenters. The molecule has 174 valence electrons. The summed E-state index contributed by atoms with van der Waals surface area (Å²) in [5.74, 6) is -1.10. The number of carboxylic acid groups (broad SMARTS) is 1. The summed E-state index contributed by atoms with van der Waals surface area (Å²) in [4.78, 5) is 29.4. The van der Waals surface area contributed by atoms with Gasteiger partial charge >= 0.3 is 5.97 Å². The zero-order valence-corrected chi connectivity index (χ0v) is 18.9. The van der Waals surface area contributed by atoms with Crippen molar-refractivity contribution in [3.8, 4) is 0 Å². The second kappa shape index (κ2) is 9.53. The number of likely N-dealkylation sites (tertiary alicyclic amines) is 1. The van der Waals surface area contributed by atoms with Crippen molar-refractivity contribution in [2.75, 3.05) is 42.9 Å². The van der Waals surface area contributed by atoms with E-state index in [1.54, 1.807) is 12.1 Å². The minimum absolute atomic E-state index is 0.121. The molecule has 0 radical (unpaired) electrons. The van der Waals surface area contributed by atoms with Crippen molar-refractivity contribution >= 4 is 23.3 Å². The summed E-state index contributed by atoms with van der Waals surface area (Å²) in [7, 11) is 0. The van der Waals surface area contributed by atoms with Gasteiger partial charge in [-0.1, -0.05) is 12.1 Å². The summed E-state index contributed by atoms with van der Waals surface area (Å²) in [6.45, 7) is 5.40. The summed E-state index contributed by atoms with van der Waals surface area (Å²) in [5, 5.41) is 15.4. The molecule has 2 fully saturated rings. The third-order valence-electron chi connectivity index (χ3n) is 7.35. The number of carbonyl (C=O) groups is 2. The number of rotatable bonds is 5. The molecule has 2 saturated heterocycles. The van der Waals surface area contributed by atoms with E-state index < -0.39 is 12.0 Å². The lowest BCUT2D eigenvalue weighted by molar-refractivity contribution is -0.118. The van der Waals surface area contributed by atoms with Crippen LogP contribution in [0.15, 0.2) is 42.5 Å². The molecule has 0 saturated carbocycles. The first-order chi connectivity index (χ1) is 16.1. The summed E-state index contributed by atoms with van der Waals surface area (Å²) in [5.41, 5.74) is 4.39. The van der Waals surface area contributed by atoms with E-state index in [1.165, 1.54) is 62.2 Å². The SMILES string of the molecule is O=C(O)c1ccc(NC(=O)C2NCCc3c2cccc3N2CCC(N3CCCC3)CC2)cc1. The number of benzene rings is 2. The normalized spacial score (nSPS) is 21.6. The molecule has 2 aromatic rings. The van der Waals surface area contributed by atoms with Crippen LogP contribution in [0.2, 0.25) is 0 Å². The van der Waals surface area contributed by atoms with Crippen molar-refractivity contribution in [2.24, 2.45) is 0 Å². The van der Waals surface area contributed by atoms with Crippen molar-refractivity contribution in [3.63, 3.8) is 0 Å². The van der Waals surface area contributed by atoms with Gasteiger partial charge in [0, 0.05) is 37.1 Å². The Kier molecular flexibility index (Phi) is 6.33. The van der Waals surface area contributed by atoms with Crippen LogP contribution in [0, 0.1) is 0 Å². The molecular weight excluding hydrogens is 416 g/mol. The van der Waals surface area contributed by atoms with E-state index >= 15 is 0 Å². The Morgan fingerprint density at radius 2 is 1.70 bits per heavy atom. The Labute approximate surface area is 194 Å². The van der Waals surface area contributed by atoms with Gasteiger partial charge in [0.15, 0.2) is 0 Å². The van der Waals surface area contributed by atoms with Crippen LogP contribution in [-0.4, -0.2) is 60.6 Å². The zero-order valence-electron chi connectivity index (χ0n) is 18.9. The lowest BCUT2D eigenvalue weighted by atomic mass is 9.91. The predicted molar refractivity (Wildman–Crippen MR) is 129 cm³/mol. The van der Waals surface area contributed by atoms with E-state index in [-0.39, 0.29) is 11.5 Å². The van der Waals surface area contributed by atoms with Crippen LogP contribution in [0.4, 0.5) is 11.4 Å². The number of piperidine rings is 1. The number of nitrogens with zero attached hydrogens (tertiary/aromatic N) is 2. The quantitative estimate of drug-likeness (QED) is 0.651. The van der Waals surface area contributed by atoms with Crippen LogP contribution in [-0.2, 0) is 11.2 Å². The number of carbonyl (C=O) groups excluding carboxylic acids is 1. The maximum Gasteiger partial charge on any atom is 0.335 e. The van der Waals surface area contributed by atoms with Gasteiger partial charge in [-0.3, -0.25) is 4.79 Å². The molecule has 0 aliphatic carbocycles. The van der Waals surface area contributed by atoms with Gasteiger partial charge in [0.1, 0.15) is 6.04 Å². The monoisotopic (exact) mass is 448 g/mol. The highest BCUT2D eigenvalue weighted by Gasteiger charge is 2.31. The van der Waals surface area contributed by atoms with Crippen LogP contribution in [0.1, 0.15) is 53.2 Å². The molecule has 1 amide bonds. The van der Waals surface area contributed by atoms with Crippen LogP contribution >= 0.6 is 0 Å². The Bertz CT molecular complexity index is 1010. The first-order valence-electron chi connectivity index (χ1n) is 12.1.